The monoisotopic (exact) mass is 494 g/mol. The third-order valence-electron chi connectivity index (χ3n) is 8.70. The van der Waals surface area contributed by atoms with Crippen LogP contribution in [0.25, 0.3) is 27.5 Å². The Balaban J connectivity index is 1.63. The first-order chi connectivity index (χ1) is 18.0. The molecule has 0 bridgehead atoms. The summed E-state index contributed by atoms with van der Waals surface area (Å²) in [6.45, 7) is 12.0. The molecule has 188 valence electrons. The van der Waals surface area contributed by atoms with Gasteiger partial charge < -0.3 is 5.11 Å². The van der Waals surface area contributed by atoms with Crippen molar-refractivity contribution in [2.75, 3.05) is 0 Å². The van der Waals surface area contributed by atoms with Gasteiger partial charge in [-0.05, 0) is 68.7 Å². The number of rotatable bonds is 5. The maximum atomic E-state index is 15.2. The predicted octanol–water partition coefficient (Wildman–Crippen LogP) is 7.55. The van der Waals surface area contributed by atoms with Gasteiger partial charge in [-0.3, -0.25) is 4.98 Å². The quantitative estimate of drug-likeness (QED) is 0.372. The number of benzene rings is 1. The molecule has 3 aromatic rings. The average molecular weight is 495 g/mol. The zero-order valence-electron chi connectivity index (χ0n) is 21.3. The van der Waals surface area contributed by atoms with Gasteiger partial charge >= 0.3 is 0 Å². The molecule has 6 heteroatoms. The van der Waals surface area contributed by atoms with E-state index in [0.717, 1.165) is 54.6 Å². The van der Waals surface area contributed by atoms with E-state index in [4.69, 9.17) is 16.5 Å². The van der Waals surface area contributed by atoms with Crippen LogP contribution in [0.3, 0.4) is 0 Å². The van der Waals surface area contributed by atoms with Crippen LogP contribution < -0.4 is 0 Å². The summed E-state index contributed by atoms with van der Waals surface area (Å²) >= 11 is 0. The lowest BCUT2D eigenvalue weighted by Crippen LogP contribution is -2.47. The largest absolute Gasteiger partial charge is 0.523 e. The van der Waals surface area contributed by atoms with Crippen molar-refractivity contribution in [3.05, 3.63) is 88.2 Å². The molecule has 3 aliphatic rings. The summed E-state index contributed by atoms with van der Waals surface area (Å²) in [5, 5.41) is 10.9. The Morgan fingerprint density at radius 2 is 1.97 bits per heavy atom. The van der Waals surface area contributed by atoms with Crippen LogP contribution in [0, 0.1) is 24.2 Å². The average Bonchev–Trinajstić information content (AvgIpc) is 3.77. The van der Waals surface area contributed by atoms with Crippen LogP contribution in [0.4, 0.5) is 4.39 Å². The standard InChI is InChI=1S/C31H31FN4O/c1-4-14-31-17-26(33-3)28(37)18(2)23(31)12-11-22-27(21-7-5-6-8-24(21)32)35-30(36-29(22)31)20-13-15-34-25(16-20)19-9-10-19/h5-8,13,15-16,18-19,23,37H,4,9-12,14,17H2,1-2H3/t18-,23-,31-/m1/s1. The van der Waals surface area contributed by atoms with E-state index in [1.807, 2.05) is 25.3 Å². The predicted molar refractivity (Wildman–Crippen MR) is 141 cm³/mol. The fraction of sp³-hybridized carbons (Fsp3) is 0.419. The third-order valence-corrected chi connectivity index (χ3v) is 8.70. The molecule has 3 atom stereocenters. The van der Waals surface area contributed by atoms with Gasteiger partial charge in [-0.25, -0.2) is 19.2 Å². The third kappa shape index (κ3) is 3.83. The zero-order valence-corrected chi connectivity index (χ0v) is 21.3. The Kier molecular flexibility index (Phi) is 5.82. The summed E-state index contributed by atoms with van der Waals surface area (Å²) in [5.41, 5.74) is 5.01. The number of aromatic nitrogens is 3. The number of aliphatic hydroxyl groups excluding tert-OH is 1. The maximum absolute atomic E-state index is 15.2. The van der Waals surface area contributed by atoms with Crippen LogP contribution in [0.5, 0.6) is 0 Å². The highest BCUT2D eigenvalue weighted by Crippen LogP contribution is 2.56. The number of halogens is 1. The van der Waals surface area contributed by atoms with E-state index in [1.54, 1.807) is 12.1 Å². The molecule has 0 amide bonds. The van der Waals surface area contributed by atoms with E-state index in [9.17, 15) is 5.11 Å². The first-order valence-corrected chi connectivity index (χ1v) is 13.4. The molecule has 6 rings (SSSR count). The van der Waals surface area contributed by atoms with Crippen LogP contribution >= 0.6 is 0 Å². The number of allylic oxidation sites excluding steroid dienone is 2. The molecule has 3 aliphatic carbocycles. The number of hydrogen-bond acceptors (Lipinski definition) is 4. The molecule has 0 radical (unpaired) electrons. The molecular formula is C31H31FN4O. The van der Waals surface area contributed by atoms with Gasteiger partial charge in [-0.15, -0.1) is 0 Å². The Labute approximate surface area is 217 Å². The van der Waals surface area contributed by atoms with Gasteiger partial charge in [-0.1, -0.05) is 32.4 Å². The van der Waals surface area contributed by atoms with E-state index in [0.29, 0.717) is 41.5 Å². The van der Waals surface area contributed by atoms with Gasteiger partial charge in [0.15, 0.2) is 5.82 Å². The number of nitrogens with zero attached hydrogens (tertiary/aromatic N) is 4. The summed E-state index contributed by atoms with van der Waals surface area (Å²) in [6.07, 6.45) is 7.89. The van der Waals surface area contributed by atoms with Gasteiger partial charge in [0.1, 0.15) is 5.82 Å². The van der Waals surface area contributed by atoms with E-state index in [1.165, 1.54) is 6.07 Å². The van der Waals surface area contributed by atoms with Crippen molar-refractivity contribution < 1.29 is 9.50 Å². The molecule has 1 aromatic carbocycles. The van der Waals surface area contributed by atoms with Crippen molar-refractivity contribution in [1.82, 2.24) is 15.0 Å². The fourth-order valence-corrected chi connectivity index (χ4v) is 6.80. The summed E-state index contributed by atoms with van der Waals surface area (Å²) < 4.78 is 15.2. The Hall–Kier alpha value is -3.59. The summed E-state index contributed by atoms with van der Waals surface area (Å²) in [7, 11) is 0. The highest BCUT2D eigenvalue weighted by Gasteiger charge is 2.52. The van der Waals surface area contributed by atoms with Crippen molar-refractivity contribution >= 4 is 0 Å². The second-order valence-corrected chi connectivity index (χ2v) is 10.9. The van der Waals surface area contributed by atoms with Crippen molar-refractivity contribution in [2.24, 2.45) is 11.8 Å². The minimum Gasteiger partial charge on any atom is -0.523 e. The lowest BCUT2D eigenvalue weighted by atomic mass is 9.54. The van der Waals surface area contributed by atoms with Gasteiger partial charge in [0.05, 0.1) is 23.7 Å². The van der Waals surface area contributed by atoms with E-state index in [-0.39, 0.29) is 23.4 Å². The number of aliphatic hydroxyl groups is 1. The van der Waals surface area contributed by atoms with Crippen LogP contribution in [0.2, 0.25) is 0 Å². The van der Waals surface area contributed by atoms with E-state index < -0.39 is 5.41 Å². The number of hydrogen-bond donors (Lipinski definition) is 1. The van der Waals surface area contributed by atoms with Gasteiger partial charge in [0.25, 0.3) is 0 Å². The van der Waals surface area contributed by atoms with Crippen molar-refractivity contribution in [2.45, 2.75) is 70.1 Å². The highest BCUT2D eigenvalue weighted by molar-refractivity contribution is 5.70. The Bertz CT molecular complexity index is 1450. The summed E-state index contributed by atoms with van der Waals surface area (Å²) in [4.78, 5) is 18.6. The zero-order chi connectivity index (χ0) is 25.7. The molecule has 1 fully saturated rings. The molecule has 0 aliphatic heterocycles. The second-order valence-electron chi connectivity index (χ2n) is 10.9. The maximum Gasteiger partial charge on any atom is 0.203 e. The summed E-state index contributed by atoms with van der Waals surface area (Å²) in [5.74, 6) is 1.02. The molecule has 0 unspecified atom stereocenters. The molecule has 1 saturated carbocycles. The van der Waals surface area contributed by atoms with Gasteiger partial charge in [0, 0.05) is 45.8 Å². The van der Waals surface area contributed by atoms with Crippen molar-refractivity contribution in [3.63, 3.8) is 0 Å². The minimum atomic E-state index is -0.405. The first-order valence-electron chi connectivity index (χ1n) is 13.4. The van der Waals surface area contributed by atoms with Crippen LogP contribution in [0.1, 0.15) is 75.2 Å². The lowest BCUT2D eigenvalue weighted by Gasteiger charge is -2.50. The molecule has 2 heterocycles. The number of fused-ring (bicyclic) bond motifs is 3. The SMILES string of the molecule is [C-]#[N+]C1=C(O)[C@H](C)[C@H]2CCc3c(-c4ccccc4F)nc(-c4ccnc(C5CC5)c4)nc3[C@]2(CCC)C1. The summed E-state index contributed by atoms with van der Waals surface area (Å²) in [6, 6.07) is 10.8. The van der Waals surface area contributed by atoms with E-state index >= 15 is 4.39 Å². The molecule has 5 nitrogen and oxygen atoms in total. The molecule has 0 saturated heterocycles. The highest BCUT2D eigenvalue weighted by atomic mass is 19.1. The van der Waals surface area contributed by atoms with Gasteiger partial charge in [-0.2, -0.15) is 0 Å². The minimum absolute atomic E-state index is 0.129. The van der Waals surface area contributed by atoms with Crippen molar-refractivity contribution in [3.8, 4) is 22.6 Å². The van der Waals surface area contributed by atoms with E-state index in [2.05, 4.69) is 22.8 Å². The smallest absolute Gasteiger partial charge is 0.203 e. The lowest BCUT2D eigenvalue weighted by molar-refractivity contribution is 0.113. The molecule has 0 spiro atoms. The molecule has 2 aromatic heterocycles. The topological polar surface area (TPSA) is 63.3 Å². The Morgan fingerprint density at radius 1 is 1.16 bits per heavy atom. The Morgan fingerprint density at radius 3 is 2.70 bits per heavy atom. The molecular weight excluding hydrogens is 463 g/mol. The number of pyridine rings is 1. The van der Waals surface area contributed by atoms with Crippen molar-refractivity contribution in [1.29, 1.82) is 0 Å². The fourth-order valence-electron chi connectivity index (χ4n) is 6.80. The second kappa shape index (κ2) is 9.06. The van der Waals surface area contributed by atoms with Gasteiger partial charge in [0.2, 0.25) is 5.70 Å². The van der Waals surface area contributed by atoms with Crippen LogP contribution in [-0.2, 0) is 11.8 Å². The normalized spacial score (nSPS) is 24.8. The molecule has 1 N–H and O–H groups in total. The first kappa shape index (κ1) is 23.8. The molecule has 37 heavy (non-hydrogen) atoms. The van der Waals surface area contributed by atoms with Crippen LogP contribution in [0.15, 0.2) is 54.1 Å². The van der Waals surface area contributed by atoms with Crippen LogP contribution in [-0.4, -0.2) is 20.1 Å².